The Morgan fingerprint density at radius 1 is 1.17 bits per heavy atom. The van der Waals surface area contributed by atoms with E-state index in [1.165, 1.54) is 0 Å². The lowest BCUT2D eigenvalue weighted by Gasteiger charge is -2.35. The molecule has 9 nitrogen and oxygen atoms in total. The van der Waals surface area contributed by atoms with Gasteiger partial charge in [-0.1, -0.05) is 6.07 Å². The van der Waals surface area contributed by atoms with Crippen LogP contribution in [0.1, 0.15) is 25.0 Å². The van der Waals surface area contributed by atoms with Crippen LogP contribution in [-0.4, -0.2) is 61.8 Å². The molecule has 1 amide bonds. The third-order valence-corrected chi connectivity index (χ3v) is 6.26. The number of ether oxygens (including phenoxy) is 1. The quantitative estimate of drug-likeness (QED) is 0.360. The molecule has 0 bridgehead atoms. The molecule has 0 aliphatic carbocycles. The van der Waals surface area contributed by atoms with Gasteiger partial charge in [0.1, 0.15) is 12.4 Å². The number of amides is 1. The minimum Gasteiger partial charge on any atom is -0.439 e. The monoisotopic (exact) mass is 472 g/mol. The maximum Gasteiger partial charge on any atom is 0.248 e. The molecule has 1 atom stereocenters. The molecule has 180 valence electrons. The van der Waals surface area contributed by atoms with Gasteiger partial charge in [-0.3, -0.25) is 14.9 Å². The van der Waals surface area contributed by atoms with Gasteiger partial charge in [0.2, 0.25) is 11.8 Å². The van der Waals surface area contributed by atoms with Crippen LogP contribution in [0.5, 0.6) is 11.6 Å². The van der Waals surface area contributed by atoms with Crippen LogP contribution in [0.3, 0.4) is 0 Å². The van der Waals surface area contributed by atoms with Gasteiger partial charge in [-0.05, 0) is 55.7 Å². The first kappa shape index (κ1) is 22.9. The third-order valence-electron chi connectivity index (χ3n) is 6.26. The summed E-state index contributed by atoms with van der Waals surface area (Å²) in [6.45, 7) is 1.58. The number of hydrogen-bond acceptors (Lipinski definition) is 7. The second-order valence-corrected chi connectivity index (χ2v) is 8.64. The van der Waals surface area contributed by atoms with Crippen molar-refractivity contribution in [3.05, 3.63) is 66.6 Å². The van der Waals surface area contributed by atoms with Crippen LogP contribution in [-0.2, 0) is 11.3 Å². The van der Waals surface area contributed by atoms with Gasteiger partial charge in [0.25, 0.3) is 0 Å². The van der Waals surface area contributed by atoms with Crippen LogP contribution in [0.4, 0.5) is 0 Å². The number of carbonyl (C=O) groups excluding carboxylic acids is 1. The van der Waals surface area contributed by atoms with E-state index in [-0.39, 0.29) is 11.9 Å². The second kappa shape index (κ2) is 10.6. The zero-order valence-electron chi connectivity index (χ0n) is 19.4. The first-order chi connectivity index (χ1) is 17.2. The van der Waals surface area contributed by atoms with Gasteiger partial charge < -0.3 is 20.1 Å². The van der Waals surface area contributed by atoms with Gasteiger partial charge in [0, 0.05) is 55.1 Å². The fraction of sp³-hybridized carbons (Fsp3) is 0.308. The van der Waals surface area contributed by atoms with Crippen LogP contribution in [0, 0.1) is 0 Å². The number of likely N-dealkylation sites (tertiary alicyclic amines) is 1. The largest absolute Gasteiger partial charge is 0.439 e. The molecule has 35 heavy (non-hydrogen) atoms. The molecule has 0 radical (unpaired) electrons. The van der Waals surface area contributed by atoms with E-state index < -0.39 is 6.61 Å². The first-order valence-electron chi connectivity index (χ1n) is 11.8. The summed E-state index contributed by atoms with van der Waals surface area (Å²) in [5, 5.41) is 20.5. The van der Waals surface area contributed by atoms with E-state index in [0.717, 1.165) is 47.1 Å². The Kier molecular flexibility index (Phi) is 6.97. The van der Waals surface area contributed by atoms with Crippen LogP contribution in [0.15, 0.2) is 60.9 Å². The number of H-pyrrole nitrogens is 1. The number of hydrogen-bond donors (Lipinski definition) is 3. The number of fused-ring (bicyclic) bond motifs is 1. The SMILES string of the molecule is O=C(CO)N1CCCCC1CNCc1ccc2cc(Oc3ccc(-c4ccn[nH]4)cn3)ccc2n1. The lowest BCUT2D eigenvalue weighted by atomic mass is 10.0. The van der Waals surface area contributed by atoms with Crippen molar-refractivity contribution in [2.24, 2.45) is 0 Å². The molecule has 1 aromatic carbocycles. The first-order valence-corrected chi connectivity index (χ1v) is 11.8. The highest BCUT2D eigenvalue weighted by atomic mass is 16.5. The van der Waals surface area contributed by atoms with Crippen molar-refractivity contribution >= 4 is 16.8 Å². The molecule has 3 aromatic heterocycles. The number of carbonyl (C=O) groups is 1. The van der Waals surface area contributed by atoms with Gasteiger partial charge in [-0.2, -0.15) is 5.10 Å². The molecule has 0 saturated carbocycles. The highest BCUT2D eigenvalue weighted by molar-refractivity contribution is 5.80. The predicted octanol–water partition coefficient (Wildman–Crippen LogP) is 3.28. The number of piperidine rings is 1. The number of pyridine rings is 2. The van der Waals surface area contributed by atoms with Crippen molar-refractivity contribution in [1.82, 2.24) is 30.4 Å². The Morgan fingerprint density at radius 2 is 2.11 bits per heavy atom. The molecule has 3 N–H and O–H groups in total. The minimum absolute atomic E-state index is 0.116. The number of nitrogens with one attached hydrogen (secondary N) is 2. The number of benzene rings is 1. The number of nitrogens with zero attached hydrogens (tertiary/aromatic N) is 4. The topological polar surface area (TPSA) is 116 Å². The summed E-state index contributed by atoms with van der Waals surface area (Å²) in [4.78, 5) is 22.9. The molecule has 1 saturated heterocycles. The predicted molar refractivity (Wildman–Crippen MR) is 132 cm³/mol. The Labute approximate surface area is 203 Å². The summed E-state index contributed by atoms with van der Waals surface area (Å²) in [6, 6.07) is 15.6. The lowest BCUT2D eigenvalue weighted by Crippen LogP contribution is -2.49. The van der Waals surface area contributed by atoms with E-state index in [1.807, 2.05) is 48.5 Å². The van der Waals surface area contributed by atoms with Crippen molar-refractivity contribution in [2.75, 3.05) is 19.7 Å². The summed E-state index contributed by atoms with van der Waals surface area (Å²) in [5.41, 5.74) is 3.66. The smallest absolute Gasteiger partial charge is 0.248 e. The summed E-state index contributed by atoms with van der Waals surface area (Å²) < 4.78 is 5.93. The zero-order chi connectivity index (χ0) is 24.0. The van der Waals surface area contributed by atoms with E-state index in [4.69, 9.17) is 9.72 Å². The number of aromatic nitrogens is 4. The van der Waals surface area contributed by atoms with Crippen molar-refractivity contribution in [3.63, 3.8) is 0 Å². The number of rotatable bonds is 8. The summed E-state index contributed by atoms with van der Waals surface area (Å²) >= 11 is 0. The van der Waals surface area contributed by atoms with Gasteiger partial charge >= 0.3 is 0 Å². The molecule has 9 heteroatoms. The minimum atomic E-state index is -0.430. The fourth-order valence-corrected chi connectivity index (χ4v) is 4.44. The van der Waals surface area contributed by atoms with Crippen molar-refractivity contribution in [1.29, 1.82) is 0 Å². The van der Waals surface area contributed by atoms with Crippen molar-refractivity contribution in [2.45, 2.75) is 31.8 Å². The van der Waals surface area contributed by atoms with Gasteiger partial charge in [-0.25, -0.2) is 4.98 Å². The van der Waals surface area contributed by atoms with Gasteiger partial charge in [0.15, 0.2) is 0 Å². The zero-order valence-corrected chi connectivity index (χ0v) is 19.4. The van der Waals surface area contributed by atoms with Crippen LogP contribution >= 0.6 is 0 Å². The molecule has 1 aliphatic heterocycles. The molecule has 1 unspecified atom stereocenters. The van der Waals surface area contributed by atoms with Gasteiger partial charge in [-0.15, -0.1) is 0 Å². The van der Waals surface area contributed by atoms with E-state index in [2.05, 4.69) is 20.5 Å². The Bertz CT molecular complexity index is 1280. The maximum absolute atomic E-state index is 12.0. The summed E-state index contributed by atoms with van der Waals surface area (Å²) in [7, 11) is 0. The molecular weight excluding hydrogens is 444 g/mol. The molecule has 4 heterocycles. The maximum atomic E-state index is 12.0. The second-order valence-electron chi connectivity index (χ2n) is 8.64. The normalized spacial score (nSPS) is 15.9. The highest BCUT2D eigenvalue weighted by Gasteiger charge is 2.25. The van der Waals surface area contributed by atoms with Crippen LogP contribution in [0.25, 0.3) is 22.2 Å². The average Bonchev–Trinajstić information content (AvgIpc) is 3.44. The molecule has 1 fully saturated rings. The summed E-state index contributed by atoms with van der Waals surface area (Å²) in [5.74, 6) is 1.01. The molecule has 4 aromatic rings. The molecule has 5 rings (SSSR count). The van der Waals surface area contributed by atoms with E-state index >= 15 is 0 Å². The molecular formula is C26H28N6O3. The number of aliphatic hydroxyl groups excluding tert-OH is 1. The van der Waals surface area contributed by atoms with E-state index in [9.17, 15) is 9.90 Å². The Balaban J connectivity index is 1.19. The molecule has 0 spiro atoms. The average molecular weight is 473 g/mol. The van der Waals surface area contributed by atoms with Crippen LogP contribution < -0.4 is 10.1 Å². The van der Waals surface area contributed by atoms with Crippen LogP contribution in [0.2, 0.25) is 0 Å². The van der Waals surface area contributed by atoms with E-state index in [0.29, 0.717) is 31.3 Å². The fourth-order valence-electron chi connectivity index (χ4n) is 4.44. The number of aromatic amines is 1. The third kappa shape index (κ3) is 5.47. The van der Waals surface area contributed by atoms with E-state index in [1.54, 1.807) is 17.3 Å². The van der Waals surface area contributed by atoms with Gasteiger partial charge in [0.05, 0.1) is 16.9 Å². The van der Waals surface area contributed by atoms with Crippen molar-refractivity contribution < 1.29 is 14.6 Å². The molecule has 1 aliphatic rings. The number of aliphatic hydroxyl groups is 1. The standard InChI is InChI=1S/C26H28N6O3/c33-17-26(34)32-12-2-1-3-21(32)16-27-15-20-6-4-18-13-22(7-8-23(18)30-20)35-25-9-5-19(14-28-25)24-10-11-29-31-24/h4-11,13-14,21,27,33H,1-3,12,15-17H2,(H,29,31). The van der Waals surface area contributed by atoms with Crippen molar-refractivity contribution in [3.8, 4) is 22.9 Å². The summed E-state index contributed by atoms with van der Waals surface area (Å²) in [6.07, 6.45) is 6.50. The highest BCUT2D eigenvalue weighted by Crippen LogP contribution is 2.25. The lowest BCUT2D eigenvalue weighted by molar-refractivity contribution is -0.137. The Hall–Kier alpha value is -3.82. The Morgan fingerprint density at radius 3 is 2.91 bits per heavy atom.